The third-order valence-electron chi connectivity index (χ3n) is 2.71. The summed E-state index contributed by atoms with van der Waals surface area (Å²) in [5, 5.41) is 6.96. The maximum absolute atomic E-state index is 11.7. The summed E-state index contributed by atoms with van der Waals surface area (Å²) in [6, 6.07) is 9.89. The fourth-order valence-electron chi connectivity index (χ4n) is 1.70. The van der Waals surface area contributed by atoms with Crippen molar-refractivity contribution in [3.63, 3.8) is 0 Å². The van der Waals surface area contributed by atoms with Gasteiger partial charge in [0.2, 0.25) is 5.91 Å². The molecule has 1 aromatic heterocycles. The average molecular weight is 243 g/mol. The molecule has 0 aliphatic carbocycles. The van der Waals surface area contributed by atoms with E-state index >= 15 is 0 Å². The summed E-state index contributed by atoms with van der Waals surface area (Å²) in [7, 11) is 0. The van der Waals surface area contributed by atoms with Gasteiger partial charge in [-0.15, -0.1) is 0 Å². The van der Waals surface area contributed by atoms with E-state index in [1.54, 1.807) is 10.9 Å². The van der Waals surface area contributed by atoms with E-state index in [1.807, 2.05) is 43.5 Å². The Morgan fingerprint density at radius 1 is 1.33 bits per heavy atom. The van der Waals surface area contributed by atoms with Crippen LogP contribution in [0.4, 0.5) is 0 Å². The number of hydrogen-bond acceptors (Lipinski definition) is 2. The molecule has 4 nitrogen and oxygen atoms in total. The third kappa shape index (κ3) is 3.73. The highest BCUT2D eigenvalue weighted by Crippen LogP contribution is 2.03. The van der Waals surface area contributed by atoms with Crippen molar-refractivity contribution in [2.24, 2.45) is 0 Å². The molecule has 0 saturated heterocycles. The van der Waals surface area contributed by atoms with E-state index in [2.05, 4.69) is 10.4 Å². The average Bonchev–Trinajstić information content (AvgIpc) is 2.85. The van der Waals surface area contributed by atoms with Gasteiger partial charge in [0, 0.05) is 18.9 Å². The van der Waals surface area contributed by atoms with Crippen LogP contribution in [0.5, 0.6) is 0 Å². The first-order valence-electron chi connectivity index (χ1n) is 6.04. The fourth-order valence-corrected chi connectivity index (χ4v) is 1.70. The van der Waals surface area contributed by atoms with Crippen LogP contribution in [-0.2, 0) is 17.8 Å². The maximum atomic E-state index is 11.7. The van der Waals surface area contributed by atoms with Crippen molar-refractivity contribution in [3.05, 3.63) is 53.9 Å². The Balaban J connectivity index is 1.73. The summed E-state index contributed by atoms with van der Waals surface area (Å²) in [6.07, 6.45) is 4.04. The Labute approximate surface area is 107 Å². The highest BCUT2D eigenvalue weighted by Gasteiger charge is 2.02. The van der Waals surface area contributed by atoms with Gasteiger partial charge in [-0.3, -0.25) is 9.48 Å². The van der Waals surface area contributed by atoms with Gasteiger partial charge in [0.15, 0.2) is 0 Å². The van der Waals surface area contributed by atoms with Crippen molar-refractivity contribution in [1.29, 1.82) is 0 Å². The van der Waals surface area contributed by atoms with Gasteiger partial charge in [0.25, 0.3) is 0 Å². The number of rotatable bonds is 5. The van der Waals surface area contributed by atoms with Gasteiger partial charge in [-0.1, -0.05) is 29.8 Å². The zero-order chi connectivity index (χ0) is 12.8. The van der Waals surface area contributed by atoms with Crippen LogP contribution in [0.15, 0.2) is 42.7 Å². The molecule has 18 heavy (non-hydrogen) atoms. The molecule has 0 fully saturated rings. The van der Waals surface area contributed by atoms with Gasteiger partial charge in [-0.25, -0.2) is 0 Å². The second kappa shape index (κ2) is 6.00. The van der Waals surface area contributed by atoms with Gasteiger partial charge in [0.05, 0.1) is 13.0 Å². The standard InChI is InChI=1S/C14H17N3O/c1-12-3-5-13(6-4-12)11-14(18)15-8-10-17-9-2-7-16-17/h2-7,9H,8,10-11H2,1H3,(H,15,18). The highest BCUT2D eigenvalue weighted by molar-refractivity contribution is 5.78. The number of amides is 1. The summed E-state index contributed by atoms with van der Waals surface area (Å²) in [6.45, 7) is 3.34. The highest BCUT2D eigenvalue weighted by atomic mass is 16.1. The lowest BCUT2D eigenvalue weighted by Gasteiger charge is -2.05. The minimum Gasteiger partial charge on any atom is -0.354 e. The predicted molar refractivity (Wildman–Crippen MR) is 70.1 cm³/mol. The van der Waals surface area contributed by atoms with Gasteiger partial charge >= 0.3 is 0 Å². The van der Waals surface area contributed by atoms with Crippen molar-refractivity contribution in [2.45, 2.75) is 19.9 Å². The van der Waals surface area contributed by atoms with Crippen molar-refractivity contribution < 1.29 is 4.79 Å². The van der Waals surface area contributed by atoms with Gasteiger partial charge in [-0.05, 0) is 18.6 Å². The number of nitrogens with one attached hydrogen (secondary N) is 1. The van der Waals surface area contributed by atoms with E-state index in [9.17, 15) is 4.79 Å². The molecule has 0 radical (unpaired) electrons. The molecule has 0 atom stereocenters. The van der Waals surface area contributed by atoms with E-state index in [0.717, 1.165) is 5.56 Å². The second-order valence-electron chi connectivity index (χ2n) is 4.28. The molecule has 0 unspecified atom stereocenters. The fraction of sp³-hybridized carbons (Fsp3) is 0.286. The predicted octanol–water partition coefficient (Wildman–Crippen LogP) is 1.55. The van der Waals surface area contributed by atoms with E-state index in [-0.39, 0.29) is 5.91 Å². The van der Waals surface area contributed by atoms with E-state index in [1.165, 1.54) is 5.56 Å². The number of aromatic nitrogens is 2. The first kappa shape index (κ1) is 12.4. The molecule has 94 valence electrons. The first-order valence-corrected chi connectivity index (χ1v) is 6.04. The van der Waals surface area contributed by atoms with Crippen molar-refractivity contribution in [3.8, 4) is 0 Å². The minimum atomic E-state index is 0.0472. The van der Waals surface area contributed by atoms with Gasteiger partial charge in [-0.2, -0.15) is 5.10 Å². The molecule has 2 rings (SSSR count). The second-order valence-corrected chi connectivity index (χ2v) is 4.28. The molecule has 1 heterocycles. The van der Waals surface area contributed by atoms with Crippen LogP contribution in [0.25, 0.3) is 0 Å². The molecule has 0 bridgehead atoms. The molecular formula is C14H17N3O. The molecular weight excluding hydrogens is 226 g/mol. The lowest BCUT2D eigenvalue weighted by atomic mass is 10.1. The number of nitrogens with zero attached hydrogens (tertiary/aromatic N) is 2. The van der Waals surface area contributed by atoms with Crippen LogP contribution < -0.4 is 5.32 Å². The summed E-state index contributed by atoms with van der Waals surface area (Å²) >= 11 is 0. The third-order valence-corrected chi connectivity index (χ3v) is 2.71. The molecule has 4 heteroatoms. The number of benzene rings is 1. The van der Waals surface area contributed by atoms with E-state index in [4.69, 9.17) is 0 Å². The van der Waals surface area contributed by atoms with Crippen molar-refractivity contribution in [1.82, 2.24) is 15.1 Å². The van der Waals surface area contributed by atoms with Crippen LogP contribution in [-0.4, -0.2) is 22.2 Å². The van der Waals surface area contributed by atoms with E-state index < -0.39 is 0 Å². The minimum absolute atomic E-state index is 0.0472. The van der Waals surface area contributed by atoms with Crippen LogP contribution in [0.3, 0.4) is 0 Å². The number of carbonyl (C=O) groups excluding carboxylic acids is 1. The summed E-state index contributed by atoms with van der Waals surface area (Å²) in [5.74, 6) is 0.0472. The molecule has 0 saturated carbocycles. The van der Waals surface area contributed by atoms with Gasteiger partial charge in [0.1, 0.15) is 0 Å². The lowest BCUT2D eigenvalue weighted by Crippen LogP contribution is -2.28. The Bertz CT molecular complexity index is 488. The Hall–Kier alpha value is -2.10. The summed E-state index contributed by atoms with van der Waals surface area (Å²) in [5.41, 5.74) is 2.25. The lowest BCUT2D eigenvalue weighted by molar-refractivity contribution is -0.120. The summed E-state index contributed by atoms with van der Waals surface area (Å²) < 4.78 is 1.80. The Morgan fingerprint density at radius 2 is 2.11 bits per heavy atom. The van der Waals surface area contributed by atoms with Gasteiger partial charge < -0.3 is 5.32 Å². The molecule has 2 aromatic rings. The SMILES string of the molecule is Cc1ccc(CC(=O)NCCn2cccn2)cc1. The van der Waals surface area contributed by atoms with Crippen LogP contribution in [0, 0.1) is 6.92 Å². The Kier molecular flexibility index (Phi) is 4.12. The molecule has 0 spiro atoms. The van der Waals surface area contributed by atoms with Crippen LogP contribution in [0.1, 0.15) is 11.1 Å². The number of aryl methyl sites for hydroxylation is 1. The van der Waals surface area contributed by atoms with Crippen LogP contribution >= 0.6 is 0 Å². The molecule has 1 aromatic carbocycles. The number of hydrogen-bond donors (Lipinski definition) is 1. The smallest absolute Gasteiger partial charge is 0.224 e. The first-order chi connectivity index (χ1) is 8.74. The van der Waals surface area contributed by atoms with Crippen molar-refractivity contribution >= 4 is 5.91 Å². The number of carbonyl (C=O) groups is 1. The largest absolute Gasteiger partial charge is 0.354 e. The Morgan fingerprint density at radius 3 is 2.78 bits per heavy atom. The van der Waals surface area contributed by atoms with E-state index in [0.29, 0.717) is 19.5 Å². The zero-order valence-corrected chi connectivity index (χ0v) is 10.5. The molecule has 0 aliphatic rings. The zero-order valence-electron chi connectivity index (χ0n) is 10.5. The maximum Gasteiger partial charge on any atom is 0.224 e. The van der Waals surface area contributed by atoms with Crippen molar-refractivity contribution in [2.75, 3.05) is 6.54 Å². The quantitative estimate of drug-likeness (QED) is 0.866. The topological polar surface area (TPSA) is 46.9 Å². The molecule has 0 aliphatic heterocycles. The molecule has 1 N–H and O–H groups in total. The van der Waals surface area contributed by atoms with Crippen LogP contribution in [0.2, 0.25) is 0 Å². The molecule has 1 amide bonds. The monoisotopic (exact) mass is 243 g/mol. The normalized spacial score (nSPS) is 10.3. The summed E-state index contributed by atoms with van der Waals surface area (Å²) in [4.78, 5) is 11.7.